The monoisotopic (exact) mass is 232 g/mol. The van der Waals surface area contributed by atoms with Gasteiger partial charge in [0.05, 0.1) is 5.69 Å². The largest absolute Gasteiger partial charge is 0.373 e. The van der Waals surface area contributed by atoms with Crippen LogP contribution in [0.4, 0.5) is 4.39 Å². The molecule has 4 heteroatoms. The number of aryl methyl sites for hydroxylation is 1. The predicted molar refractivity (Wildman–Crippen MR) is 61.8 cm³/mol. The van der Waals surface area contributed by atoms with Crippen LogP contribution in [0.3, 0.4) is 0 Å². The summed E-state index contributed by atoms with van der Waals surface area (Å²) in [5.74, 6) is 0.654. The third-order valence-electron chi connectivity index (χ3n) is 3.13. The number of nitrogens with zero attached hydrogens (tertiary/aromatic N) is 2. The molecule has 0 spiro atoms. The van der Waals surface area contributed by atoms with Gasteiger partial charge < -0.3 is 9.67 Å². The van der Waals surface area contributed by atoms with E-state index in [-0.39, 0.29) is 5.82 Å². The molecule has 0 fully saturated rings. The molecule has 0 amide bonds. The van der Waals surface area contributed by atoms with Gasteiger partial charge in [0.15, 0.2) is 0 Å². The van der Waals surface area contributed by atoms with Gasteiger partial charge in [-0.1, -0.05) is 0 Å². The molecule has 2 aromatic rings. The van der Waals surface area contributed by atoms with Crippen LogP contribution in [0.15, 0.2) is 30.5 Å². The van der Waals surface area contributed by atoms with Crippen molar-refractivity contribution in [1.29, 1.82) is 0 Å². The molecule has 0 bridgehead atoms. The molecule has 1 aromatic heterocycles. The minimum Gasteiger partial charge on any atom is -0.373 e. The fraction of sp³-hybridized carbons (Fsp3) is 0.308. The number of benzene rings is 1. The Kier molecular flexibility index (Phi) is 2.44. The van der Waals surface area contributed by atoms with E-state index in [1.54, 1.807) is 12.1 Å². The minimum absolute atomic E-state index is 0.252. The summed E-state index contributed by atoms with van der Waals surface area (Å²) in [6, 6.07) is 6.25. The van der Waals surface area contributed by atoms with Gasteiger partial charge >= 0.3 is 0 Å². The first-order chi connectivity index (χ1) is 8.24. The molecule has 1 aliphatic heterocycles. The zero-order valence-corrected chi connectivity index (χ0v) is 9.31. The lowest BCUT2D eigenvalue weighted by atomic mass is 10.1. The van der Waals surface area contributed by atoms with Crippen LogP contribution in [0.1, 0.15) is 24.9 Å². The Hall–Kier alpha value is -1.68. The molecule has 0 saturated heterocycles. The van der Waals surface area contributed by atoms with Crippen molar-refractivity contribution in [2.75, 3.05) is 0 Å². The average Bonchev–Trinajstić information content (AvgIpc) is 2.75. The molecule has 1 aliphatic rings. The first-order valence-corrected chi connectivity index (χ1v) is 5.76. The van der Waals surface area contributed by atoms with E-state index >= 15 is 0 Å². The third kappa shape index (κ3) is 1.85. The molecule has 0 radical (unpaired) electrons. The number of aromatic nitrogens is 2. The highest BCUT2D eigenvalue weighted by Gasteiger charge is 2.19. The lowest BCUT2D eigenvalue weighted by molar-refractivity contribution is 0.0781. The Morgan fingerprint density at radius 2 is 2.06 bits per heavy atom. The lowest BCUT2D eigenvalue weighted by Crippen LogP contribution is -2.16. The van der Waals surface area contributed by atoms with Crippen molar-refractivity contribution < 1.29 is 9.50 Å². The van der Waals surface area contributed by atoms with Crippen molar-refractivity contribution >= 4 is 0 Å². The van der Waals surface area contributed by atoms with E-state index in [9.17, 15) is 9.50 Å². The predicted octanol–water partition coefficient (Wildman–Crippen LogP) is 2.52. The first-order valence-electron chi connectivity index (χ1n) is 5.76. The van der Waals surface area contributed by atoms with E-state index in [1.165, 1.54) is 12.1 Å². The van der Waals surface area contributed by atoms with E-state index < -0.39 is 6.23 Å². The summed E-state index contributed by atoms with van der Waals surface area (Å²) in [7, 11) is 0. The Labute approximate surface area is 98.5 Å². The second kappa shape index (κ2) is 3.96. The Morgan fingerprint density at radius 1 is 1.29 bits per heavy atom. The molecule has 0 saturated carbocycles. The first kappa shape index (κ1) is 10.5. The zero-order valence-electron chi connectivity index (χ0n) is 9.31. The van der Waals surface area contributed by atoms with Crippen molar-refractivity contribution in [3.05, 3.63) is 42.1 Å². The maximum Gasteiger partial charge on any atom is 0.131 e. The maximum absolute atomic E-state index is 12.8. The fourth-order valence-electron chi connectivity index (χ4n) is 2.22. The summed E-state index contributed by atoms with van der Waals surface area (Å²) in [6.07, 6.45) is 3.98. The van der Waals surface area contributed by atoms with Gasteiger partial charge in [-0.15, -0.1) is 0 Å². The van der Waals surface area contributed by atoms with Crippen LogP contribution in [0, 0.1) is 5.82 Å². The lowest BCUT2D eigenvalue weighted by Gasteiger charge is -2.19. The molecule has 17 heavy (non-hydrogen) atoms. The topological polar surface area (TPSA) is 38.1 Å². The highest BCUT2D eigenvalue weighted by molar-refractivity contribution is 5.58. The van der Waals surface area contributed by atoms with E-state index in [4.69, 9.17) is 0 Å². The molecular formula is C13H13FN2O. The second-order valence-corrected chi connectivity index (χ2v) is 4.33. The third-order valence-corrected chi connectivity index (χ3v) is 3.13. The van der Waals surface area contributed by atoms with Crippen LogP contribution >= 0.6 is 0 Å². The van der Waals surface area contributed by atoms with Crippen LogP contribution in [0.5, 0.6) is 0 Å². The molecule has 1 atom stereocenters. The van der Waals surface area contributed by atoms with Gasteiger partial charge in [-0.3, -0.25) is 0 Å². The SMILES string of the molecule is OC1CCCc2nc(-c3ccc(F)cc3)cn21. The van der Waals surface area contributed by atoms with Gasteiger partial charge in [-0.25, -0.2) is 9.37 Å². The van der Waals surface area contributed by atoms with Crippen molar-refractivity contribution in [2.24, 2.45) is 0 Å². The molecule has 0 aliphatic carbocycles. The maximum atomic E-state index is 12.8. The van der Waals surface area contributed by atoms with Crippen LogP contribution in [-0.4, -0.2) is 14.7 Å². The van der Waals surface area contributed by atoms with Crippen LogP contribution in [-0.2, 0) is 6.42 Å². The highest BCUT2D eigenvalue weighted by atomic mass is 19.1. The zero-order chi connectivity index (χ0) is 11.8. The quantitative estimate of drug-likeness (QED) is 0.820. The Morgan fingerprint density at radius 3 is 2.76 bits per heavy atom. The van der Waals surface area contributed by atoms with Crippen LogP contribution in [0.2, 0.25) is 0 Å². The van der Waals surface area contributed by atoms with Crippen LogP contribution < -0.4 is 0 Å². The van der Waals surface area contributed by atoms with Gasteiger partial charge in [0.25, 0.3) is 0 Å². The molecule has 1 N–H and O–H groups in total. The number of hydrogen-bond donors (Lipinski definition) is 1. The number of aliphatic hydroxyl groups excluding tert-OH is 1. The number of fused-ring (bicyclic) bond motifs is 1. The van der Waals surface area contributed by atoms with Gasteiger partial charge in [0, 0.05) is 18.2 Å². The van der Waals surface area contributed by atoms with Crippen LogP contribution in [0.25, 0.3) is 11.3 Å². The molecule has 2 heterocycles. The normalized spacial score (nSPS) is 19.1. The molecule has 3 rings (SSSR count). The second-order valence-electron chi connectivity index (χ2n) is 4.33. The van der Waals surface area contributed by atoms with E-state index in [1.807, 2.05) is 10.8 Å². The van der Waals surface area contributed by atoms with Gasteiger partial charge in [0.1, 0.15) is 17.9 Å². The standard InChI is InChI=1S/C13H13FN2O/c14-10-6-4-9(5-7-10)11-8-16-12(15-11)2-1-3-13(16)17/h4-8,13,17H,1-3H2. The van der Waals surface area contributed by atoms with Gasteiger partial charge in [-0.2, -0.15) is 0 Å². The van der Waals surface area contributed by atoms with Gasteiger partial charge in [0.2, 0.25) is 0 Å². The summed E-state index contributed by atoms with van der Waals surface area (Å²) in [5, 5.41) is 9.83. The van der Waals surface area contributed by atoms with Crippen molar-refractivity contribution in [1.82, 2.24) is 9.55 Å². The van der Waals surface area contributed by atoms with Crippen molar-refractivity contribution in [3.63, 3.8) is 0 Å². The smallest absolute Gasteiger partial charge is 0.131 e. The van der Waals surface area contributed by atoms with E-state index in [0.717, 1.165) is 36.3 Å². The average molecular weight is 232 g/mol. The molecule has 1 unspecified atom stereocenters. The summed E-state index contributed by atoms with van der Waals surface area (Å²) in [4.78, 5) is 4.48. The number of rotatable bonds is 1. The molecule has 88 valence electrons. The van der Waals surface area contributed by atoms with Gasteiger partial charge in [-0.05, 0) is 37.1 Å². The Bertz CT molecular complexity index is 533. The fourth-order valence-corrected chi connectivity index (χ4v) is 2.22. The van der Waals surface area contributed by atoms with Crippen molar-refractivity contribution in [2.45, 2.75) is 25.5 Å². The molecule has 1 aromatic carbocycles. The number of imidazole rings is 1. The van der Waals surface area contributed by atoms with E-state index in [2.05, 4.69) is 4.98 Å². The molecule has 3 nitrogen and oxygen atoms in total. The summed E-state index contributed by atoms with van der Waals surface area (Å²) >= 11 is 0. The van der Waals surface area contributed by atoms with Crippen molar-refractivity contribution in [3.8, 4) is 11.3 Å². The summed E-state index contributed by atoms with van der Waals surface area (Å²) in [6.45, 7) is 0. The summed E-state index contributed by atoms with van der Waals surface area (Å²) in [5.41, 5.74) is 1.67. The highest BCUT2D eigenvalue weighted by Crippen LogP contribution is 2.26. The number of hydrogen-bond acceptors (Lipinski definition) is 2. The molecular weight excluding hydrogens is 219 g/mol. The minimum atomic E-state index is -0.472. The number of halogens is 1. The summed E-state index contributed by atoms with van der Waals surface area (Å²) < 4.78 is 14.6. The van der Waals surface area contributed by atoms with E-state index in [0.29, 0.717) is 0 Å². The number of aliphatic hydroxyl groups is 1. The Balaban J connectivity index is 2.02.